The van der Waals surface area contributed by atoms with Crippen molar-refractivity contribution in [1.82, 2.24) is 19.9 Å². The zero-order valence-corrected chi connectivity index (χ0v) is 14.5. The number of pyridine rings is 1. The monoisotopic (exact) mass is 329 g/mol. The minimum absolute atomic E-state index is 0.446. The van der Waals surface area contributed by atoms with Gasteiger partial charge in [0.05, 0.1) is 18.1 Å². The molecule has 0 bridgehead atoms. The van der Waals surface area contributed by atoms with Crippen molar-refractivity contribution in [2.24, 2.45) is 5.92 Å². The molecule has 0 unspecified atom stereocenters. The average Bonchev–Trinajstić information content (AvgIpc) is 2.58. The number of nitrogens with one attached hydrogen (secondary N) is 1. The first kappa shape index (κ1) is 16.2. The molecular formula is C17H23N5S. The molecule has 1 N–H and O–H groups in total. The smallest absolute Gasteiger partial charge is 0.146 e. The quantitative estimate of drug-likeness (QED) is 0.851. The van der Waals surface area contributed by atoms with Gasteiger partial charge < -0.3 is 5.32 Å². The summed E-state index contributed by atoms with van der Waals surface area (Å²) in [5, 5.41) is 4.51. The Kier molecular flexibility index (Phi) is 5.46. The van der Waals surface area contributed by atoms with Gasteiger partial charge in [0.15, 0.2) is 0 Å². The van der Waals surface area contributed by atoms with Crippen LogP contribution >= 0.6 is 11.8 Å². The SMILES string of the molecule is CSc1cncc(N[C@H]2CCN(Cc3ccccn3)C[C@H]2C)n1. The van der Waals surface area contributed by atoms with Crippen LogP contribution in [0.15, 0.2) is 41.8 Å². The van der Waals surface area contributed by atoms with E-state index in [1.807, 2.05) is 24.7 Å². The van der Waals surface area contributed by atoms with Gasteiger partial charge in [-0.3, -0.25) is 14.9 Å². The topological polar surface area (TPSA) is 53.9 Å². The summed E-state index contributed by atoms with van der Waals surface area (Å²) >= 11 is 1.62. The second kappa shape index (κ2) is 7.75. The molecule has 0 saturated carbocycles. The highest BCUT2D eigenvalue weighted by atomic mass is 32.2. The van der Waals surface area contributed by atoms with Crippen LogP contribution in [0.25, 0.3) is 0 Å². The summed E-state index contributed by atoms with van der Waals surface area (Å²) in [6.07, 6.45) is 8.61. The fourth-order valence-electron chi connectivity index (χ4n) is 3.02. The molecule has 122 valence electrons. The Bertz CT molecular complexity index is 621. The third kappa shape index (κ3) is 4.42. The summed E-state index contributed by atoms with van der Waals surface area (Å²) in [5.41, 5.74) is 1.14. The van der Waals surface area contributed by atoms with Crippen LogP contribution in [0, 0.1) is 5.92 Å². The van der Waals surface area contributed by atoms with Crippen LogP contribution < -0.4 is 5.32 Å². The molecule has 1 aliphatic heterocycles. The zero-order chi connectivity index (χ0) is 16.1. The first-order valence-corrected chi connectivity index (χ1v) is 9.22. The van der Waals surface area contributed by atoms with Crippen LogP contribution in [0.3, 0.4) is 0 Å². The van der Waals surface area contributed by atoms with E-state index in [-0.39, 0.29) is 0 Å². The third-order valence-electron chi connectivity index (χ3n) is 4.26. The molecule has 23 heavy (non-hydrogen) atoms. The number of rotatable bonds is 5. The Morgan fingerprint density at radius 1 is 1.35 bits per heavy atom. The lowest BCUT2D eigenvalue weighted by Gasteiger charge is -2.37. The molecule has 6 heteroatoms. The molecule has 0 aliphatic carbocycles. The number of anilines is 1. The summed E-state index contributed by atoms with van der Waals surface area (Å²) in [6, 6.07) is 6.56. The van der Waals surface area contributed by atoms with Crippen LogP contribution in [0.5, 0.6) is 0 Å². The van der Waals surface area contributed by atoms with E-state index in [2.05, 4.69) is 44.2 Å². The summed E-state index contributed by atoms with van der Waals surface area (Å²) in [6.45, 7) is 5.38. The molecule has 1 fully saturated rings. The van der Waals surface area contributed by atoms with E-state index in [1.165, 1.54) is 0 Å². The second-order valence-corrected chi connectivity index (χ2v) is 6.85. The number of aromatic nitrogens is 3. The Morgan fingerprint density at radius 3 is 3.00 bits per heavy atom. The molecule has 0 spiro atoms. The van der Waals surface area contributed by atoms with Gasteiger partial charge in [0.25, 0.3) is 0 Å². The first-order chi connectivity index (χ1) is 11.2. The highest BCUT2D eigenvalue weighted by Gasteiger charge is 2.26. The van der Waals surface area contributed by atoms with Crippen molar-refractivity contribution in [2.45, 2.75) is 31.0 Å². The molecule has 1 saturated heterocycles. The summed E-state index contributed by atoms with van der Waals surface area (Å²) < 4.78 is 0. The van der Waals surface area contributed by atoms with E-state index in [4.69, 9.17) is 0 Å². The van der Waals surface area contributed by atoms with Crippen LogP contribution in [-0.4, -0.2) is 45.2 Å². The fourth-order valence-corrected chi connectivity index (χ4v) is 3.37. The number of piperidine rings is 1. The lowest BCUT2D eigenvalue weighted by molar-refractivity contribution is 0.163. The number of thioether (sulfide) groups is 1. The van der Waals surface area contributed by atoms with Crippen molar-refractivity contribution >= 4 is 17.6 Å². The zero-order valence-electron chi connectivity index (χ0n) is 13.6. The Hall–Kier alpha value is -1.66. The predicted molar refractivity (Wildman–Crippen MR) is 94.5 cm³/mol. The lowest BCUT2D eigenvalue weighted by Crippen LogP contribution is -2.45. The predicted octanol–water partition coefficient (Wildman–Crippen LogP) is 2.92. The van der Waals surface area contributed by atoms with Crippen molar-refractivity contribution in [3.63, 3.8) is 0 Å². The van der Waals surface area contributed by atoms with Crippen LogP contribution in [0.1, 0.15) is 19.0 Å². The van der Waals surface area contributed by atoms with Gasteiger partial charge in [-0.05, 0) is 30.7 Å². The van der Waals surface area contributed by atoms with Gasteiger partial charge in [-0.2, -0.15) is 0 Å². The van der Waals surface area contributed by atoms with Gasteiger partial charge in [-0.1, -0.05) is 13.0 Å². The molecule has 0 aromatic carbocycles. The normalized spacial score (nSPS) is 22.0. The van der Waals surface area contributed by atoms with Gasteiger partial charge in [-0.15, -0.1) is 11.8 Å². The largest absolute Gasteiger partial charge is 0.366 e. The maximum absolute atomic E-state index is 4.57. The van der Waals surface area contributed by atoms with Crippen molar-refractivity contribution in [3.05, 3.63) is 42.5 Å². The summed E-state index contributed by atoms with van der Waals surface area (Å²) in [5.74, 6) is 1.44. The first-order valence-electron chi connectivity index (χ1n) is 7.99. The molecule has 0 radical (unpaired) electrons. The molecule has 2 aromatic heterocycles. The fraction of sp³-hybridized carbons (Fsp3) is 0.471. The molecule has 3 heterocycles. The summed E-state index contributed by atoms with van der Waals surface area (Å²) in [4.78, 5) is 15.7. The maximum Gasteiger partial charge on any atom is 0.146 e. The molecule has 2 aromatic rings. The number of nitrogens with zero attached hydrogens (tertiary/aromatic N) is 4. The third-order valence-corrected chi connectivity index (χ3v) is 4.87. The van der Waals surface area contributed by atoms with Gasteiger partial charge in [-0.25, -0.2) is 4.98 Å². The van der Waals surface area contributed by atoms with Crippen LogP contribution in [0.4, 0.5) is 5.82 Å². The van der Waals surface area contributed by atoms with Crippen molar-refractivity contribution in [3.8, 4) is 0 Å². The van der Waals surface area contributed by atoms with Gasteiger partial charge in [0.1, 0.15) is 10.8 Å². The molecule has 1 aliphatic rings. The van der Waals surface area contributed by atoms with E-state index in [9.17, 15) is 0 Å². The summed E-state index contributed by atoms with van der Waals surface area (Å²) in [7, 11) is 0. The number of hydrogen-bond donors (Lipinski definition) is 1. The van der Waals surface area contributed by atoms with Gasteiger partial charge in [0.2, 0.25) is 0 Å². The molecular weight excluding hydrogens is 306 g/mol. The molecule has 0 amide bonds. The Balaban J connectivity index is 1.56. The maximum atomic E-state index is 4.57. The van der Waals surface area contributed by atoms with E-state index in [1.54, 1.807) is 18.0 Å². The minimum atomic E-state index is 0.446. The Morgan fingerprint density at radius 2 is 2.26 bits per heavy atom. The van der Waals surface area contributed by atoms with Crippen molar-refractivity contribution in [1.29, 1.82) is 0 Å². The Labute approximate surface area is 141 Å². The molecule has 3 rings (SSSR count). The molecule has 5 nitrogen and oxygen atoms in total. The minimum Gasteiger partial charge on any atom is -0.366 e. The molecule has 2 atom stereocenters. The van der Waals surface area contributed by atoms with Gasteiger partial charge in [0, 0.05) is 31.9 Å². The van der Waals surface area contributed by atoms with E-state index in [0.717, 1.165) is 42.6 Å². The van der Waals surface area contributed by atoms with Gasteiger partial charge >= 0.3 is 0 Å². The lowest BCUT2D eigenvalue weighted by atomic mass is 9.93. The number of hydrogen-bond acceptors (Lipinski definition) is 6. The highest BCUT2D eigenvalue weighted by molar-refractivity contribution is 7.98. The number of likely N-dealkylation sites (tertiary alicyclic amines) is 1. The van der Waals surface area contributed by atoms with Crippen LogP contribution in [-0.2, 0) is 6.54 Å². The van der Waals surface area contributed by atoms with Crippen molar-refractivity contribution < 1.29 is 0 Å². The average molecular weight is 329 g/mol. The standard InChI is InChI=1S/C17H23N5S/c1-13-11-22(12-14-5-3-4-7-19-14)8-6-15(13)20-16-9-18-10-17(21-16)23-2/h3-5,7,9-10,13,15H,6,8,11-12H2,1-2H3,(H,20,21)/t13-,15+/m1/s1. The second-order valence-electron chi connectivity index (χ2n) is 6.02. The van der Waals surface area contributed by atoms with E-state index >= 15 is 0 Å². The highest BCUT2D eigenvalue weighted by Crippen LogP contribution is 2.22. The van der Waals surface area contributed by atoms with Crippen LogP contribution in [0.2, 0.25) is 0 Å². The van der Waals surface area contributed by atoms with E-state index in [0.29, 0.717) is 12.0 Å². The van der Waals surface area contributed by atoms with Crippen molar-refractivity contribution in [2.75, 3.05) is 24.7 Å². The van der Waals surface area contributed by atoms with E-state index < -0.39 is 0 Å².